The largest absolute Gasteiger partial charge is 0.476 e. The lowest BCUT2D eigenvalue weighted by Crippen LogP contribution is -2.05. The van der Waals surface area contributed by atoms with Crippen molar-refractivity contribution in [2.75, 3.05) is 0 Å². The number of aryl methyl sites for hydroxylation is 1. The van der Waals surface area contributed by atoms with Crippen molar-refractivity contribution in [3.63, 3.8) is 0 Å². The first-order valence-corrected chi connectivity index (χ1v) is 7.00. The average molecular weight is 311 g/mol. The molecule has 6 heteroatoms. The van der Waals surface area contributed by atoms with Crippen LogP contribution in [0.3, 0.4) is 0 Å². The van der Waals surface area contributed by atoms with Crippen LogP contribution in [0.2, 0.25) is 0 Å². The lowest BCUT2D eigenvalue weighted by Gasteiger charge is -2.11. The third kappa shape index (κ3) is 2.59. The van der Waals surface area contributed by atoms with Gasteiger partial charge in [-0.1, -0.05) is 29.5 Å². The number of benzene rings is 2. The highest BCUT2D eigenvalue weighted by Crippen LogP contribution is 2.28. The van der Waals surface area contributed by atoms with Gasteiger partial charge in [0.05, 0.1) is 5.69 Å². The van der Waals surface area contributed by atoms with Gasteiger partial charge in [0, 0.05) is 5.56 Å². The summed E-state index contributed by atoms with van der Waals surface area (Å²) in [7, 11) is 0. The van der Waals surface area contributed by atoms with Crippen LogP contribution in [-0.4, -0.2) is 26.1 Å². The molecule has 0 amide bonds. The first kappa shape index (κ1) is 14.9. The highest BCUT2D eigenvalue weighted by Gasteiger charge is 2.22. The van der Waals surface area contributed by atoms with Crippen molar-refractivity contribution >= 4 is 5.97 Å². The molecule has 3 rings (SSSR count). The number of nitrogens with zero attached hydrogens (tertiary/aromatic N) is 3. The second kappa shape index (κ2) is 5.64. The SMILES string of the molecule is Cc1cccc(-n2nnc(C(=O)O)c2-c2cccc(F)c2)c1C. The minimum Gasteiger partial charge on any atom is -0.476 e. The van der Waals surface area contributed by atoms with E-state index in [9.17, 15) is 14.3 Å². The quantitative estimate of drug-likeness (QED) is 0.805. The van der Waals surface area contributed by atoms with Crippen molar-refractivity contribution in [2.24, 2.45) is 0 Å². The summed E-state index contributed by atoms with van der Waals surface area (Å²) in [5.41, 5.74) is 3.16. The van der Waals surface area contributed by atoms with Crippen LogP contribution in [0.15, 0.2) is 42.5 Å². The molecule has 116 valence electrons. The van der Waals surface area contributed by atoms with E-state index in [4.69, 9.17) is 0 Å². The number of rotatable bonds is 3. The molecule has 2 aromatic carbocycles. The Morgan fingerprint density at radius 2 is 1.91 bits per heavy atom. The molecule has 1 aromatic heterocycles. The van der Waals surface area contributed by atoms with Crippen LogP contribution >= 0.6 is 0 Å². The normalized spacial score (nSPS) is 10.7. The molecule has 0 radical (unpaired) electrons. The topological polar surface area (TPSA) is 68.0 Å². The number of carboxylic acids is 1. The molecular formula is C17H14FN3O2. The number of aromatic carboxylic acids is 1. The first-order chi connectivity index (χ1) is 11.0. The minimum atomic E-state index is -1.21. The highest BCUT2D eigenvalue weighted by molar-refractivity contribution is 5.93. The average Bonchev–Trinajstić information content (AvgIpc) is 2.95. The zero-order valence-corrected chi connectivity index (χ0v) is 12.6. The Kier molecular flexibility index (Phi) is 3.65. The smallest absolute Gasteiger partial charge is 0.358 e. The lowest BCUT2D eigenvalue weighted by atomic mass is 10.1. The highest BCUT2D eigenvalue weighted by atomic mass is 19.1. The van der Waals surface area contributed by atoms with Gasteiger partial charge in [0.25, 0.3) is 0 Å². The Morgan fingerprint density at radius 3 is 2.61 bits per heavy atom. The van der Waals surface area contributed by atoms with Crippen LogP contribution in [0.4, 0.5) is 4.39 Å². The fourth-order valence-corrected chi connectivity index (χ4v) is 2.45. The van der Waals surface area contributed by atoms with Gasteiger partial charge in [0.1, 0.15) is 11.5 Å². The van der Waals surface area contributed by atoms with Gasteiger partial charge in [0.2, 0.25) is 0 Å². The van der Waals surface area contributed by atoms with Crippen molar-refractivity contribution in [3.8, 4) is 16.9 Å². The van der Waals surface area contributed by atoms with Crippen molar-refractivity contribution < 1.29 is 14.3 Å². The molecule has 0 saturated heterocycles. The Bertz CT molecular complexity index is 903. The maximum Gasteiger partial charge on any atom is 0.358 e. The summed E-state index contributed by atoms with van der Waals surface area (Å²) in [6.07, 6.45) is 0. The third-order valence-corrected chi connectivity index (χ3v) is 3.78. The molecule has 0 unspecified atom stereocenters. The predicted octanol–water partition coefficient (Wildman–Crippen LogP) is 3.39. The molecule has 0 aliphatic rings. The van der Waals surface area contributed by atoms with Crippen LogP contribution in [0, 0.1) is 19.7 Å². The molecule has 1 N–H and O–H groups in total. The van der Waals surface area contributed by atoms with Crippen molar-refractivity contribution in [2.45, 2.75) is 13.8 Å². The van der Waals surface area contributed by atoms with Crippen LogP contribution in [0.5, 0.6) is 0 Å². The second-order valence-corrected chi connectivity index (χ2v) is 5.23. The Labute approximate surface area is 132 Å². The summed E-state index contributed by atoms with van der Waals surface area (Å²) in [4.78, 5) is 11.5. The minimum absolute atomic E-state index is 0.212. The van der Waals surface area contributed by atoms with E-state index in [1.165, 1.54) is 22.9 Å². The first-order valence-electron chi connectivity index (χ1n) is 7.00. The zero-order chi connectivity index (χ0) is 16.6. The number of carbonyl (C=O) groups is 1. The maximum atomic E-state index is 13.6. The number of hydrogen-bond acceptors (Lipinski definition) is 3. The standard InChI is InChI=1S/C17H14FN3O2/c1-10-5-3-8-14(11(10)2)21-16(15(17(22)23)19-20-21)12-6-4-7-13(18)9-12/h3-9H,1-2H3,(H,22,23). The van der Waals surface area contributed by atoms with Gasteiger partial charge in [0.15, 0.2) is 5.69 Å². The van der Waals surface area contributed by atoms with Gasteiger partial charge in [-0.25, -0.2) is 13.9 Å². The van der Waals surface area contributed by atoms with Gasteiger partial charge >= 0.3 is 5.97 Å². The van der Waals surface area contributed by atoms with E-state index in [0.29, 0.717) is 11.3 Å². The van der Waals surface area contributed by atoms with Gasteiger partial charge < -0.3 is 5.11 Å². The molecule has 0 bridgehead atoms. The summed E-state index contributed by atoms with van der Waals surface area (Å²) in [5.74, 6) is -1.66. The summed E-state index contributed by atoms with van der Waals surface area (Å²) in [6.45, 7) is 3.87. The third-order valence-electron chi connectivity index (χ3n) is 3.78. The fraction of sp³-hybridized carbons (Fsp3) is 0.118. The number of halogens is 1. The Balaban J connectivity index is 2.31. The predicted molar refractivity (Wildman–Crippen MR) is 83.2 cm³/mol. The van der Waals surface area contributed by atoms with Gasteiger partial charge in [-0.05, 0) is 43.2 Å². The lowest BCUT2D eigenvalue weighted by molar-refractivity contribution is 0.0691. The van der Waals surface area contributed by atoms with E-state index in [1.807, 2.05) is 32.0 Å². The summed E-state index contributed by atoms with van der Waals surface area (Å²) >= 11 is 0. The zero-order valence-electron chi connectivity index (χ0n) is 12.6. The molecular weight excluding hydrogens is 297 g/mol. The second-order valence-electron chi connectivity index (χ2n) is 5.23. The van der Waals surface area contributed by atoms with Gasteiger partial charge in [-0.2, -0.15) is 0 Å². The molecule has 0 atom stereocenters. The van der Waals surface area contributed by atoms with Gasteiger partial charge in [-0.3, -0.25) is 0 Å². The molecule has 23 heavy (non-hydrogen) atoms. The van der Waals surface area contributed by atoms with E-state index in [1.54, 1.807) is 6.07 Å². The fourth-order valence-electron chi connectivity index (χ4n) is 2.45. The molecule has 0 aliphatic heterocycles. The van der Waals surface area contributed by atoms with Crippen molar-refractivity contribution in [1.82, 2.24) is 15.0 Å². The van der Waals surface area contributed by atoms with Crippen LogP contribution in [0.25, 0.3) is 16.9 Å². The molecule has 0 aliphatic carbocycles. The van der Waals surface area contributed by atoms with E-state index in [2.05, 4.69) is 10.3 Å². The summed E-state index contributed by atoms with van der Waals surface area (Å²) < 4.78 is 15.0. The molecule has 0 spiro atoms. The molecule has 1 heterocycles. The van der Waals surface area contributed by atoms with E-state index in [-0.39, 0.29) is 11.4 Å². The molecule has 3 aromatic rings. The number of aromatic nitrogens is 3. The van der Waals surface area contributed by atoms with E-state index >= 15 is 0 Å². The summed E-state index contributed by atoms with van der Waals surface area (Å²) in [6, 6.07) is 11.4. The molecule has 0 fully saturated rings. The van der Waals surface area contributed by atoms with E-state index in [0.717, 1.165) is 11.1 Å². The van der Waals surface area contributed by atoms with Gasteiger partial charge in [-0.15, -0.1) is 5.10 Å². The summed E-state index contributed by atoms with van der Waals surface area (Å²) in [5, 5.41) is 17.1. The number of hydrogen-bond donors (Lipinski definition) is 1. The van der Waals surface area contributed by atoms with Crippen molar-refractivity contribution in [3.05, 3.63) is 65.1 Å². The van der Waals surface area contributed by atoms with Crippen molar-refractivity contribution in [1.29, 1.82) is 0 Å². The van der Waals surface area contributed by atoms with Crippen LogP contribution in [-0.2, 0) is 0 Å². The number of carboxylic acid groups (broad SMARTS) is 1. The van der Waals surface area contributed by atoms with Crippen LogP contribution in [0.1, 0.15) is 21.6 Å². The Hall–Kier alpha value is -3.02. The van der Waals surface area contributed by atoms with Crippen LogP contribution < -0.4 is 0 Å². The Morgan fingerprint density at radius 1 is 1.17 bits per heavy atom. The maximum absolute atomic E-state index is 13.6. The van der Waals surface area contributed by atoms with E-state index < -0.39 is 11.8 Å². The monoisotopic (exact) mass is 311 g/mol. The molecule has 0 saturated carbocycles. The molecule has 5 nitrogen and oxygen atoms in total.